The molecule has 0 saturated heterocycles. The summed E-state index contributed by atoms with van der Waals surface area (Å²) in [6, 6.07) is 9.46. The lowest BCUT2D eigenvalue weighted by molar-refractivity contribution is 0.524. The topological polar surface area (TPSA) is 52.0 Å². The Balaban J connectivity index is 2.04. The van der Waals surface area contributed by atoms with Gasteiger partial charge in [-0.05, 0) is 42.0 Å². The van der Waals surface area contributed by atoms with Crippen molar-refractivity contribution in [3.63, 3.8) is 0 Å². The molecule has 1 aromatic carbocycles. The van der Waals surface area contributed by atoms with E-state index in [0.717, 1.165) is 10.9 Å². The van der Waals surface area contributed by atoms with E-state index in [1.54, 1.807) is 24.5 Å². The van der Waals surface area contributed by atoms with Crippen molar-refractivity contribution in [2.24, 2.45) is 5.73 Å². The lowest BCUT2D eigenvalue weighted by Gasteiger charge is -2.07. The molecule has 0 spiro atoms. The van der Waals surface area contributed by atoms with Crippen LogP contribution >= 0.6 is 0 Å². The number of hydrogen-bond acceptors (Lipinski definition) is 3. The van der Waals surface area contributed by atoms with Crippen LogP contribution in [0.4, 0.5) is 4.39 Å². The zero-order valence-corrected chi connectivity index (χ0v) is 9.51. The summed E-state index contributed by atoms with van der Waals surface area (Å²) in [4.78, 5) is 3.94. The molecule has 18 heavy (non-hydrogen) atoms. The van der Waals surface area contributed by atoms with Gasteiger partial charge in [0.25, 0.3) is 0 Å². The van der Waals surface area contributed by atoms with Crippen molar-refractivity contribution >= 4 is 11.0 Å². The van der Waals surface area contributed by atoms with Crippen LogP contribution < -0.4 is 5.73 Å². The second kappa shape index (κ2) is 4.23. The Morgan fingerprint density at radius 1 is 1.11 bits per heavy atom. The second-order valence-corrected chi connectivity index (χ2v) is 4.09. The third-order valence-electron chi connectivity index (χ3n) is 2.87. The van der Waals surface area contributed by atoms with Crippen molar-refractivity contribution in [1.29, 1.82) is 0 Å². The van der Waals surface area contributed by atoms with Crippen molar-refractivity contribution in [2.45, 2.75) is 6.04 Å². The van der Waals surface area contributed by atoms with Gasteiger partial charge in [-0.3, -0.25) is 4.98 Å². The Bertz CT molecular complexity index is 679. The number of hydrogen-bond donors (Lipinski definition) is 1. The molecule has 0 fully saturated rings. The smallest absolute Gasteiger partial charge is 0.134 e. The summed E-state index contributed by atoms with van der Waals surface area (Å²) >= 11 is 0. The highest BCUT2D eigenvalue weighted by atomic mass is 19.1. The van der Waals surface area contributed by atoms with Gasteiger partial charge in [0.2, 0.25) is 0 Å². The summed E-state index contributed by atoms with van der Waals surface area (Å²) < 4.78 is 18.7. The summed E-state index contributed by atoms with van der Waals surface area (Å²) in [6.45, 7) is 0. The molecule has 0 aliphatic heterocycles. The summed E-state index contributed by atoms with van der Waals surface area (Å²) in [6.07, 6.45) is 3.36. The predicted octanol–water partition coefficient (Wildman–Crippen LogP) is 3.02. The minimum atomic E-state index is -0.372. The molecule has 2 heterocycles. The number of nitrogens with two attached hydrogens (primary N) is 1. The quantitative estimate of drug-likeness (QED) is 0.751. The summed E-state index contributed by atoms with van der Waals surface area (Å²) in [5.41, 5.74) is 7.64. The van der Waals surface area contributed by atoms with Crippen molar-refractivity contribution < 1.29 is 8.81 Å². The minimum Gasteiger partial charge on any atom is -0.459 e. The largest absolute Gasteiger partial charge is 0.459 e. The van der Waals surface area contributed by atoms with E-state index >= 15 is 0 Å². The van der Waals surface area contributed by atoms with Crippen molar-refractivity contribution in [1.82, 2.24) is 4.98 Å². The molecule has 90 valence electrons. The molecule has 0 amide bonds. The van der Waals surface area contributed by atoms with Gasteiger partial charge in [0.05, 0.1) is 6.04 Å². The Morgan fingerprint density at radius 3 is 2.67 bits per heavy atom. The SMILES string of the molecule is NC(c1ccncc1)c1cc2cc(F)ccc2o1. The molecule has 0 aliphatic rings. The van der Waals surface area contributed by atoms with Crippen LogP contribution in [-0.2, 0) is 0 Å². The fourth-order valence-corrected chi connectivity index (χ4v) is 1.92. The van der Waals surface area contributed by atoms with Gasteiger partial charge in [-0.2, -0.15) is 0 Å². The van der Waals surface area contributed by atoms with E-state index in [9.17, 15) is 4.39 Å². The van der Waals surface area contributed by atoms with Crippen LogP contribution in [0.2, 0.25) is 0 Å². The fraction of sp³-hybridized carbons (Fsp3) is 0.0714. The highest BCUT2D eigenvalue weighted by molar-refractivity contribution is 5.78. The van der Waals surface area contributed by atoms with E-state index in [2.05, 4.69) is 4.98 Å². The van der Waals surface area contributed by atoms with Crippen LogP contribution in [0.25, 0.3) is 11.0 Å². The maximum absolute atomic E-state index is 13.1. The lowest BCUT2D eigenvalue weighted by atomic mass is 10.1. The average Bonchev–Trinajstić information content (AvgIpc) is 2.81. The third kappa shape index (κ3) is 1.87. The number of aromatic nitrogens is 1. The third-order valence-corrected chi connectivity index (χ3v) is 2.87. The molecule has 3 rings (SSSR count). The molecule has 2 N–H and O–H groups in total. The number of benzene rings is 1. The van der Waals surface area contributed by atoms with E-state index < -0.39 is 0 Å². The van der Waals surface area contributed by atoms with Gasteiger partial charge in [0.15, 0.2) is 0 Å². The average molecular weight is 242 g/mol. The Hall–Kier alpha value is -2.20. The molecule has 1 unspecified atom stereocenters. The van der Waals surface area contributed by atoms with Crippen LogP contribution in [0.15, 0.2) is 53.2 Å². The molecule has 0 radical (unpaired) electrons. The number of fused-ring (bicyclic) bond motifs is 1. The molecule has 1 atom stereocenters. The maximum atomic E-state index is 13.1. The van der Waals surface area contributed by atoms with Crippen LogP contribution in [0.3, 0.4) is 0 Å². The van der Waals surface area contributed by atoms with Crippen molar-refractivity contribution in [2.75, 3.05) is 0 Å². The monoisotopic (exact) mass is 242 g/mol. The molecule has 2 aromatic heterocycles. The van der Waals surface area contributed by atoms with Gasteiger partial charge in [-0.25, -0.2) is 4.39 Å². The Morgan fingerprint density at radius 2 is 1.89 bits per heavy atom. The molecule has 0 saturated carbocycles. The number of nitrogens with zero attached hydrogens (tertiary/aromatic N) is 1. The van der Waals surface area contributed by atoms with E-state index in [1.807, 2.05) is 12.1 Å². The zero-order chi connectivity index (χ0) is 12.5. The van der Waals surface area contributed by atoms with E-state index in [4.69, 9.17) is 10.2 Å². The van der Waals surface area contributed by atoms with Crippen molar-refractivity contribution in [3.05, 3.63) is 65.9 Å². The molecule has 0 bridgehead atoms. The van der Waals surface area contributed by atoms with Gasteiger partial charge < -0.3 is 10.2 Å². The van der Waals surface area contributed by atoms with Crippen molar-refractivity contribution in [3.8, 4) is 0 Å². The zero-order valence-electron chi connectivity index (χ0n) is 9.51. The Labute approximate surface area is 103 Å². The van der Waals surface area contributed by atoms with Crippen LogP contribution in [-0.4, -0.2) is 4.98 Å². The van der Waals surface area contributed by atoms with Gasteiger partial charge in [-0.1, -0.05) is 0 Å². The van der Waals surface area contributed by atoms with Crippen LogP contribution in [0.5, 0.6) is 0 Å². The lowest BCUT2D eigenvalue weighted by Crippen LogP contribution is -2.10. The number of halogens is 1. The minimum absolute atomic E-state index is 0.285. The van der Waals surface area contributed by atoms with Gasteiger partial charge in [0, 0.05) is 17.8 Å². The fourth-order valence-electron chi connectivity index (χ4n) is 1.92. The van der Waals surface area contributed by atoms with Crippen LogP contribution in [0.1, 0.15) is 17.4 Å². The molecular formula is C14H11FN2O. The number of pyridine rings is 1. The first-order chi connectivity index (χ1) is 8.74. The highest BCUT2D eigenvalue weighted by Gasteiger charge is 2.14. The first-order valence-electron chi connectivity index (χ1n) is 5.58. The van der Waals surface area contributed by atoms with Crippen LogP contribution in [0, 0.1) is 5.82 Å². The summed E-state index contributed by atoms with van der Waals surface area (Å²) in [5, 5.41) is 0.717. The van der Waals surface area contributed by atoms with Gasteiger partial charge in [0.1, 0.15) is 17.2 Å². The standard InChI is InChI=1S/C14H11FN2O/c15-11-1-2-12-10(7-11)8-13(18-12)14(16)9-3-5-17-6-4-9/h1-8,14H,16H2. The number of rotatable bonds is 2. The first-order valence-corrected chi connectivity index (χ1v) is 5.58. The number of furan rings is 1. The summed E-state index contributed by atoms with van der Waals surface area (Å²) in [5.74, 6) is 0.328. The van der Waals surface area contributed by atoms with E-state index in [0.29, 0.717) is 11.3 Å². The predicted molar refractivity (Wildman–Crippen MR) is 66.4 cm³/mol. The highest BCUT2D eigenvalue weighted by Crippen LogP contribution is 2.26. The normalized spacial score (nSPS) is 12.8. The first kappa shape index (κ1) is 10.9. The molecule has 0 aliphatic carbocycles. The molecule has 3 nitrogen and oxygen atoms in total. The molecule has 3 aromatic rings. The van der Waals surface area contributed by atoms with Gasteiger partial charge in [-0.15, -0.1) is 0 Å². The van der Waals surface area contributed by atoms with Gasteiger partial charge >= 0.3 is 0 Å². The van der Waals surface area contributed by atoms with E-state index in [-0.39, 0.29) is 11.9 Å². The molecular weight excluding hydrogens is 231 g/mol. The Kier molecular flexibility index (Phi) is 2.57. The molecule has 4 heteroatoms. The second-order valence-electron chi connectivity index (χ2n) is 4.09. The van der Waals surface area contributed by atoms with E-state index in [1.165, 1.54) is 12.1 Å². The maximum Gasteiger partial charge on any atom is 0.134 e. The summed E-state index contributed by atoms with van der Waals surface area (Å²) in [7, 11) is 0.